The van der Waals surface area contributed by atoms with Gasteiger partial charge in [-0.1, -0.05) is 0 Å². The van der Waals surface area contributed by atoms with Crippen LogP contribution in [-0.4, -0.2) is 35.4 Å². The van der Waals surface area contributed by atoms with Crippen LogP contribution in [0.25, 0.3) is 0 Å². The smallest absolute Gasteiger partial charge is 0.348 e. The van der Waals surface area contributed by atoms with Crippen molar-refractivity contribution in [3.05, 3.63) is 27.9 Å². The van der Waals surface area contributed by atoms with Crippen molar-refractivity contribution in [3.8, 4) is 0 Å². The SMILES string of the molecule is Cc1cc(C)n(CC2CNCCO2)c(=O)n1. The summed E-state index contributed by atoms with van der Waals surface area (Å²) in [5.74, 6) is 0. The molecule has 0 radical (unpaired) electrons. The van der Waals surface area contributed by atoms with Crippen LogP contribution in [0, 0.1) is 13.8 Å². The summed E-state index contributed by atoms with van der Waals surface area (Å²) in [6, 6.07) is 1.91. The molecule has 16 heavy (non-hydrogen) atoms. The van der Waals surface area contributed by atoms with Crippen LogP contribution in [0.1, 0.15) is 11.4 Å². The topological polar surface area (TPSA) is 56.2 Å². The lowest BCUT2D eigenvalue weighted by molar-refractivity contribution is 0.0170. The molecule has 1 fully saturated rings. The van der Waals surface area contributed by atoms with Gasteiger partial charge in [-0.2, -0.15) is 4.98 Å². The van der Waals surface area contributed by atoms with Gasteiger partial charge in [-0.3, -0.25) is 4.57 Å². The number of nitrogens with one attached hydrogen (secondary N) is 1. The highest BCUT2D eigenvalue weighted by molar-refractivity contribution is 5.06. The zero-order valence-electron chi connectivity index (χ0n) is 9.69. The summed E-state index contributed by atoms with van der Waals surface area (Å²) in [5, 5.41) is 3.24. The summed E-state index contributed by atoms with van der Waals surface area (Å²) in [6.45, 7) is 6.71. The standard InChI is InChI=1S/C11H17N3O2/c1-8-5-9(2)14(11(15)13-8)7-10-6-12-3-4-16-10/h5,10,12H,3-4,6-7H2,1-2H3. The minimum absolute atomic E-state index is 0.0645. The Labute approximate surface area is 94.5 Å². The summed E-state index contributed by atoms with van der Waals surface area (Å²) in [4.78, 5) is 15.6. The van der Waals surface area contributed by atoms with E-state index in [1.807, 2.05) is 19.9 Å². The first-order chi connectivity index (χ1) is 7.66. The Morgan fingerprint density at radius 3 is 3.06 bits per heavy atom. The van der Waals surface area contributed by atoms with E-state index in [-0.39, 0.29) is 11.8 Å². The highest BCUT2D eigenvalue weighted by Gasteiger charge is 2.15. The molecule has 1 unspecified atom stereocenters. The summed E-state index contributed by atoms with van der Waals surface area (Å²) < 4.78 is 7.24. The van der Waals surface area contributed by atoms with Crippen molar-refractivity contribution in [3.63, 3.8) is 0 Å². The molecule has 1 aromatic rings. The van der Waals surface area contributed by atoms with Crippen LogP contribution in [-0.2, 0) is 11.3 Å². The molecule has 5 nitrogen and oxygen atoms in total. The summed E-state index contributed by atoms with van der Waals surface area (Å²) >= 11 is 0. The Hall–Kier alpha value is -1.20. The maximum atomic E-state index is 11.7. The van der Waals surface area contributed by atoms with E-state index < -0.39 is 0 Å². The van der Waals surface area contributed by atoms with E-state index in [0.29, 0.717) is 13.2 Å². The molecule has 0 aliphatic carbocycles. The highest BCUT2D eigenvalue weighted by Crippen LogP contribution is 2.02. The van der Waals surface area contributed by atoms with Gasteiger partial charge in [-0.05, 0) is 19.9 Å². The largest absolute Gasteiger partial charge is 0.374 e. The van der Waals surface area contributed by atoms with Gasteiger partial charge in [-0.25, -0.2) is 4.79 Å². The second kappa shape index (κ2) is 4.76. The number of aryl methyl sites for hydroxylation is 2. The number of rotatable bonds is 2. The molecule has 1 atom stereocenters. The second-order valence-electron chi connectivity index (χ2n) is 4.13. The first kappa shape index (κ1) is 11.3. The van der Waals surface area contributed by atoms with Crippen molar-refractivity contribution in [2.24, 2.45) is 0 Å². The molecule has 1 saturated heterocycles. The average molecular weight is 223 g/mol. The van der Waals surface area contributed by atoms with Crippen molar-refractivity contribution in [1.29, 1.82) is 0 Å². The Morgan fingerprint density at radius 1 is 1.62 bits per heavy atom. The number of aromatic nitrogens is 2. The summed E-state index contributed by atoms with van der Waals surface area (Å²) in [5.41, 5.74) is 1.51. The fraction of sp³-hybridized carbons (Fsp3) is 0.636. The molecule has 1 N–H and O–H groups in total. The van der Waals surface area contributed by atoms with Gasteiger partial charge in [0.2, 0.25) is 0 Å². The molecule has 0 spiro atoms. The van der Waals surface area contributed by atoms with E-state index >= 15 is 0 Å². The van der Waals surface area contributed by atoms with Crippen LogP contribution in [0.5, 0.6) is 0 Å². The van der Waals surface area contributed by atoms with E-state index in [9.17, 15) is 4.79 Å². The first-order valence-corrected chi connectivity index (χ1v) is 5.54. The Bertz CT molecular complexity index is 422. The third kappa shape index (κ3) is 2.48. The van der Waals surface area contributed by atoms with Crippen molar-refractivity contribution in [1.82, 2.24) is 14.9 Å². The Balaban J connectivity index is 2.17. The number of hydrogen-bond acceptors (Lipinski definition) is 4. The van der Waals surface area contributed by atoms with Crippen molar-refractivity contribution >= 4 is 0 Å². The number of hydrogen-bond donors (Lipinski definition) is 1. The molecular weight excluding hydrogens is 206 g/mol. The predicted molar refractivity (Wildman–Crippen MR) is 60.6 cm³/mol. The predicted octanol–water partition coefficient (Wildman–Crippen LogP) is -0.151. The van der Waals surface area contributed by atoms with Gasteiger partial charge in [0.15, 0.2) is 0 Å². The zero-order valence-corrected chi connectivity index (χ0v) is 9.69. The van der Waals surface area contributed by atoms with Gasteiger partial charge in [0.05, 0.1) is 19.3 Å². The molecule has 1 aromatic heterocycles. The molecule has 0 bridgehead atoms. The third-order valence-corrected chi connectivity index (χ3v) is 2.74. The molecule has 2 rings (SSSR count). The molecule has 5 heteroatoms. The van der Waals surface area contributed by atoms with E-state index in [1.165, 1.54) is 0 Å². The fourth-order valence-corrected chi connectivity index (χ4v) is 1.94. The monoisotopic (exact) mass is 223 g/mol. The van der Waals surface area contributed by atoms with E-state index in [1.54, 1.807) is 4.57 Å². The minimum Gasteiger partial charge on any atom is -0.374 e. The van der Waals surface area contributed by atoms with Gasteiger partial charge in [0, 0.05) is 24.5 Å². The minimum atomic E-state index is -0.188. The Morgan fingerprint density at radius 2 is 2.44 bits per heavy atom. The number of nitrogens with zero attached hydrogens (tertiary/aromatic N) is 2. The number of morpholine rings is 1. The number of ether oxygens (including phenoxy) is 1. The molecule has 0 aromatic carbocycles. The molecule has 1 aliphatic heterocycles. The van der Waals surface area contributed by atoms with Crippen LogP contribution in [0.3, 0.4) is 0 Å². The van der Waals surface area contributed by atoms with Crippen molar-refractivity contribution in [2.75, 3.05) is 19.7 Å². The van der Waals surface area contributed by atoms with Gasteiger partial charge < -0.3 is 10.1 Å². The third-order valence-electron chi connectivity index (χ3n) is 2.74. The van der Waals surface area contributed by atoms with E-state index in [0.717, 1.165) is 24.5 Å². The van der Waals surface area contributed by atoms with Gasteiger partial charge in [0.25, 0.3) is 0 Å². The Kier molecular flexibility index (Phi) is 3.36. The zero-order chi connectivity index (χ0) is 11.5. The van der Waals surface area contributed by atoms with Crippen LogP contribution < -0.4 is 11.0 Å². The molecule has 0 saturated carbocycles. The summed E-state index contributed by atoms with van der Waals surface area (Å²) in [6.07, 6.45) is 0.0645. The van der Waals surface area contributed by atoms with Gasteiger partial charge in [0.1, 0.15) is 0 Å². The maximum absolute atomic E-state index is 11.7. The normalized spacial score (nSPS) is 21.0. The van der Waals surface area contributed by atoms with E-state index in [2.05, 4.69) is 10.3 Å². The molecule has 88 valence electrons. The van der Waals surface area contributed by atoms with Crippen molar-refractivity contribution in [2.45, 2.75) is 26.5 Å². The lowest BCUT2D eigenvalue weighted by Gasteiger charge is -2.24. The van der Waals surface area contributed by atoms with Gasteiger partial charge >= 0.3 is 5.69 Å². The first-order valence-electron chi connectivity index (χ1n) is 5.54. The van der Waals surface area contributed by atoms with Crippen LogP contribution in [0.15, 0.2) is 10.9 Å². The molecule has 0 amide bonds. The molecular formula is C11H17N3O2. The fourth-order valence-electron chi connectivity index (χ4n) is 1.94. The average Bonchev–Trinajstić information content (AvgIpc) is 2.25. The van der Waals surface area contributed by atoms with Crippen LogP contribution >= 0.6 is 0 Å². The summed E-state index contributed by atoms with van der Waals surface area (Å²) in [7, 11) is 0. The lowest BCUT2D eigenvalue weighted by Crippen LogP contribution is -2.43. The van der Waals surface area contributed by atoms with E-state index in [4.69, 9.17) is 4.74 Å². The van der Waals surface area contributed by atoms with Crippen molar-refractivity contribution < 1.29 is 4.74 Å². The highest BCUT2D eigenvalue weighted by atomic mass is 16.5. The van der Waals surface area contributed by atoms with Crippen LogP contribution in [0.2, 0.25) is 0 Å². The lowest BCUT2D eigenvalue weighted by atomic mass is 10.3. The second-order valence-corrected chi connectivity index (χ2v) is 4.13. The van der Waals surface area contributed by atoms with Crippen LogP contribution in [0.4, 0.5) is 0 Å². The maximum Gasteiger partial charge on any atom is 0.348 e. The molecule has 1 aliphatic rings. The quantitative estimate of drug-likeness (QED) is 0.757. The van der Waals surface area contributed by atoms with Gasteiger partial charge in [-0.15, -0.1) is 0 Å². The molecule has 2 heterocycles.